The first-order valence-electron chi connectivity index (χ1n) is 7.66. The van der Waals surface area contributed by atoms with Gasteiger partial charge in [-0.25, -0.2) is 9.02 Å². The number of aryl methyl sites for hydroxylation is 1. The summed E-state index contributed by atoms with van der Waals surface area (Å²) in [6, 6.07) is 13.4. The maximum Gasteiger partial charge on any atom is 0.266 e. The van der Waals surface area contributed by atoms with Crippen molar-refractivity contribution in [2.45, 2.75) is 20.0 Å². The summed E-state index contributed by atoms with van der Waals surface area (Å²) in [5.74, 6) is -0.849. The van der Waals surface area contributed by atoms with Gasteiger partial charge in [0.05, 0.1) is 0 Å². The molecule has 3 aromatic rings. The van der Waals surface area contributed by atoms with Crippen LogP contribution >= 0.6 is 0 Å². The second-order valence-corrected chi connectivity index (χ2v) is 5.51. The van der Waals surface area contributed by atoms with Crippen LogP contribution in [0.3, 0.4) is 0 Å². The van der Waals surface area contributed by atoms with Crippen LogP contribution in [0.4, 0.5) is 10.2 Å². The number of nitrogens with one attached hydrogen (secondary N) is 1. The molecule has 1 unspecified atom stereocenters. The van der Waals surface area contributed by atoms with Gasteiger partial charge in [-0.3, -0.25) is 4.79 Å². The number of hydrogen-bond acceptors (Lipinski definition) is 5. The topological polar surface area (TPSA) is 77.3 Å². The van der Waals surface area contributed by atoms with E-state index in [0.717, 1.165) is 11.1 Å². The Balaban J connectivity index is 1.72. The van der Waals surface area contributed by atoms with Crippen molar-refractivity contribution < 1.29 is 18.6 Å². The number of rotatable bonds is 5. The van der Waals surface area contributed by atoms with Crippen LogP contribution in [-0.2, 0) is 4.79 Å². The van der Waals surface area contributed by atoms with E-state index in [1.54, 1.807) is 12.1 Å². The molecule has 3 rings (SSSR count). The molecule has 1 aromatic heterocycles. The number of carbonyl (C=O) groups is 1. The van der Waals surface area contributed by atoms with Gasteiger partial charge in [0.2, 0.25) is 5.82 Å². The number of benzene rings is 2. The zero-order chi connectivity index (χ0) is 17.8. The van der Waals surface area contributed by atoms with Crippen molar-refractivity contribution in [3.63, 3.8) is 0 Å². The number of ether oxygens (including phenoxy) is 1. The highest BCUT2D eigenvalue weighted by molar-refractivity contribution is 5.95. The molecule has 6 nitrogen and oxygen atoms in total. The molecule has 0 radical (unpaired) electrons. The van der Waals surface area contributed by atoms with E-state index in [4.69, 9.17) is 9.37 Å². The molecule has 0 fully saturated rings. The van der Waals surface area contributed by atoms with E-state index in [1.165, 1.54) is 19.1 Å². The van der Waals surface area contributed by atoms with Crippen molar-refractivity contribution in [3.8, 4) is 17.0 Å². The molecule has 1 N–H and O–H groups in total. The van der Waals surface area contributed by atoms with Crippen molar-refractivity contribution in [2.24, 2.45) is 0 Å². The first-order valence-corrected chi connectivity index (χ1v) is 7.66. The van der Waals surface area contributed by atoms with Crippen LogP contribution in [0.2, 0.25) is 0 Å². The standard InChI is InChI=1S/C18H16FN3O3/c1-11-7-9-13(10-8-11)16-17(22-25-21-16)20-18(23)12(2)24-15-6-4-3-5-14(15)19/h3-10,12H,1-2H3,(H,20,22,23). The van der Waals surface area contributed by atoms with Gasteiger partial charge in [0.25, 0.3) is 5.91 Å². The maximum absolute atomic E-state index is 13.6. The number of nitrogens with zero attached hydrogens (tertiary/aromatic N) is 2. The average Bonchev–Trinajstić information content (AvgIpc) is 3.05. The third kappa shape index (κ3) is 3.82. The molecule has 0 spiro atoms. The van der Waals surface area contributed by atoms with Crippen molar-refractivity contribution in [2.75, 3.05) is 5.32 Å². The number of amides is 1. The molecule has 2 aromatic carbocycles. The summed E-state index contributed by atoms with van der Waals surface area (Å²) in [5, 5.41) is 10.1. The van der Waals surface area contributed by atoms with Gasteiger partial charge in [0.15, 0.2) is 23.4 Å². The molecule has 7 heteroatoms. The summed E-state index contributed by atoms with van der Waals surface area (Å²) >= 11 is 0. The molecule has 25 heavy (non-hydrogen) atoms. The van der Waals surface area contributed by atoms with Crippen molar-refractivity contribution in [1.29, 1.82) is 0 Å². The van der Waals surface area contributed by atoms with Crippen LogP contribution in [-0.4, -0.2) is 22.3 Å². The minimum atomic E-state index is -0.931. The highest BCUT2D eigenvalue weighted by Gasteiger charge is 2.21. The van der Waals surface area contributed by atoms with Gasteiger partial charge in [-0.2, -0.15) is 0 Å². The summed E-state index contributed by atoms with van der Waals surface area (Å²) in [6.45, 7) is 3.48. The van der Waals surface area contributed by atoms with Crippen molar-refractivity contribution >= 4 is 11.7 Å². The highest BCUT2D eigenvalue weighted by Crippen LogP contribution is 2.25. The quantitative estimate of drug-likeness (QED) is 0.767. The third-order valence-electron chi connectivity index (χ3n) is 3.56. The number of anilines is 1. The Morgan fingerprint density at radius 2 is 1.88 bits per heavy atom. The lowest BCUT2D eigenvalue weighted by Crippen LogP contribution is -2.30. The molecule has 0 bridgehead atoms. The predicted molar refractivity (Wildman–Crippen MR) is 89.6 cm³/mol. The van der Waals surface area contributed by atoms with Crippen LogP contribution in [0.15, 0.2) is 53.2 Å². The van der Waals surface area contributed by atoms with Crippen LogP contribution in [0.25, 0.3) is 11.3 Å². The molecule has 1 atom stereocenters. The first-order chi connectivity index (χ1) is 12.0. The lowest BCUT2D eigenvalue weighted by atomic mass is 10.1. The van der Waals surface area contributed by atoms with E-state index >= 15 is 0 Å². The van der Waals surface area contributed by atoms with Crippen molar-refractivity contribution in [3.05, 3.63) is 59.9 Å². The van der Waals surface area contributed by atoms with Crippen molar-refractivity contribution in [1.82, 2.24) is 10.3 Å². The highest BCUT2D eigenvalue weighted by atomic mass is 19.1. The van der Waals surface area contributed by atoms with Crippen LogP contribution in [0, 0.1) is 12.7 Å². The summed E-state index contributed by atoms with van der Waals surface area (Å²) in [6.07, 6.45) is -0.931. The molecular formula is C18H16FN3O3. The maximum atomic E-state index is 13.6. The Hall–Kier alpha value is -3.22. The van der Waals surface area contributed by atoms with Gasteiger partial charge < -0.3 is 10.1 Å². The molecule has 0 saturated carbocycles. The number of carbonyl (C=O) groups excluding carboxylic acids is 1. The van der Waals surface area contributed by atoms with E-state index < -0.39 is 17.8 Å². The van der Waals surface area contributed by atoms with Gasteiger partial charge in [-0.05, 0) is 36.3 Å². The summed E-state index contributed by atoms with van der Waals surface area (Å²) in [7, 11) is 0. The predicted octanol–water partition coefficient (Wildman–Crippen LogP) is 3.59. The largest absolute Gasteiger partial charge is 0.478 e. The Labute approximate surface area is 143 Å². The minimum Gasteiger partial charge on any atom is -0.478 e. The summed E-state index contributed by atoms with van der Waals surface area (Å²) in [4.78, 5) is 12.3. The van der Waals surface area contributed by atoms with E-state index in [-0.39, 0.29) is 11.6 Å². The van der Waals surface area contributed by atoms with Gasteiger partial charge in [0.1, 0.15) is 0 Å². The SMILES string of the molecule is Cc1ccc(-c2nonc2NC(=O)C(C)Oc2ccccc2F)cc1. The first kappa shape index (κ1) is 16.6. The monoisotopic (exact) mass is 341 g/mol. The third-order valence-corrected chi connectivity index (χ3v) is 3.56. The van der Waals surface area contributed by atoms with E-state index in [1.807, 2.05) is 31.2 Å². The number of halogens is 1. The number of hydrogen-bond donors (Lipinski definition) is 1. The van der Waals surface area contributed by atoms with Gasteiger partial charge in [0, 0.05) is 5.56 Å². The van der Waals surface area contributed by atoms with Crippen LogP contribution in [0.1, 0.15) is 12.5 Å². The Morgan fingerprint density at radius 1 is 1.16 bits per heavy atom. The second kappa shape index (κ2) is 7.12. The lowest BCUT2D eigenvalue weighted by molar-refractivity contribution is -0.122. The smallest absolute Gasteiger partial charge is 0.266 e. The second-order valence-electron chi connectivity index (χ2n) is 5.51. The fraction of sp³-hybridized carbons (Fsp3) is 0.167. The van der Waals surface area contributed by atoms with Crippen LogP contribution < -0.4 is 10.1 Å². The molecule has 0 aliphatic heterocycles. The molecular weight excluding hydrogens is 325 g/mol. The van der Waals surface area contributed by atoms with E-state index in [9.17, 15) is 9.18 Å². The molecule has 0 aliphatic rings. The average molecular weight is 341 g/mol. The normalized spacial score (nSPS) is 11.8. The van der Waals surface area contributed by atoms with Gasteiger partial charge in [-0.1, -0.05) is 42.0 Å². The zero-order valence-electron chi connectivity index (χ0n) is 13.7. The fourth-order valence-corrected chi connectivity index (χ4v) is 2.17. The fourth-order valence-electron chi connectivity index (χ4n) is 2.17. The summed E-state index contributed by atoms with van der Waals surface area (Å²) in [5.41, 5.74) is 2.26. The van der Waals surface area contributed by atoms with E-state index in [2.05, 4.69) is 15.6 Å². The molecule has 0 aliphatic carbocycles. The Bertz CT molecular complexity index is 877. The minimum absolute atomic E-state index is 0.00202. The number of aromatic nitrogens is 2. The number of para-hydroxylation sites is 1. The Kier molecular flexibility index (Phi) is 4.74. The lowest BCUT2D eigenvalue weighted by Gasteiger charge is -2.14. The van der Waals surface area contributed by atoms with Crippen LogP contribution in [0.5, 0.6) is 5.75 Å². The Morgan fingerprint density at radius 3 is 2.60 bits per heavy atom. The van der Waals surface area contributed by atoms with Gasteiger partial charge >= 0.3 is 0 Å². The van der Waals surface area contributed by atoms with Gasteiger partial charge in [-0.15, -0.1) is 0 Å². The molecule has 1 amide bonds. The molecule has 0 saturated heterocycles. The van der Waals surface area contributed by atoms with E-state index in [0.29, 0.717) is 5.69 Å². The molecule has 1 heterocycles. The summed E-state index contributed by atoms with van der Waals surface area (Å²) < 4.78 is 23.7. The molecule has 128 valence electrons. The zero-order valence-corrected chi connectivity index (χ0v) is 13.7.